The Balaban J connectivity index is 0. The number of carboxylic acid groups (broad SMARTS) is 1. The van der Waals surface area contributed by atoms with Crippen LogP contribution in [0, 0.1) is 5.41 Å². The quantitative estimate of drug-likeness (QED) is 0.183. The number of nitrogens with one attached hydrogen (secondary N) is 1. The van der Waals surface area contributed by atoms with Crippen LogP contribution in [0.2, 0.25) is 0 Å². The molecular weight excluding hydrogens is 124 g/mol. The maximum atomic E-state index is 8.89. The summed E-state index contributed by atoms with van der Waals surface area (Å²) < 4.78 is 0. The number of aliphatic carboxylic acids is 1. The number of nitrogens with zero attached hydrogens (tertiary/aromatic N) is 1. The third-order valence-electron chi connectivity index (χ3n) is 0.139. The minimum absolute atomic E-state index is 0.343. The van der Waals surface area contributed by atoms with Gasteiger partial charge in [-0.15, -0.1) is 5.53 Å². The fraction of sp³-hybridized carbons (Fsp3) is 0.333. The van der Waals surface area contributed by atoms with Gasteiger partial charge in [-0.25, -0.2) is 0 Å². The Kier molecular flexibility index (Phi) is 7.64. The van der Waals surface area contributed by atoms with E-state index in [1.165, 1.54) is 0 Å². The second-order valence-corrected chi connectivity index (χ2v) is 1.01. The Bertz CT molecular complexity index is 117. The highest BCUT2D eigenvalue weighted by molar-refractivity contribution is 5.73. The highest BCUT2D eigenvalue weighted by Gasteiger charge is 1.72. The van der Waals surface area contributed by atoms with Crippen molar-refractivity contribution in [2.45, 2.75) is 6.92 Å². The molecule has 0 atom stereocenters. The Morgan fingerprint density at radius 3 is 2.00 bits per heavy atom. The first-order valence-corrected chi connectivity index (χ1v) is 1.93. The highest BCUT2D eigenvalue weighted by atomic mass is 16.4. The van der Waals surface area contributed by atoms with Crippen molar-refractivity contribution < 1.29 is 15.4 Å². The van der Waals surface area contributed by atoms with Gasteiger partial charge in [0.15, 0.2) is 0 Å². The highest BCUT2D eigenvalue weighted by Crippen LogP contribution is 1.42. The monoisotopic (exact) mass is 132 g/mol. The largest absolute Gasteiger partial charge is 0.550 e. The summed E-state index contributed by atoms with van der Waals surface area (Å²) in [6.45, 7) is 0.972. The molecule has 0 radical (unpaired) electrons. The average molecular weight is 132 g/mol. The minimum atomic E-state index is -1.08. The Morgan fingerprint density at radius 2 is 2.00 bits per heavy atom. The molecule has 0 aromatic carbocycles. The molecule has 0 rings (SSSR count). The molecule has 0 unspecified atom stereocenters. The van der Waals surface area contributed by atoms with Crippen molar-refractivity contribution in [2.24, 2.45) is 10.8 Å². The van der Waals surface area contributed by atoms with Gasteiger partial charge in [-0.2, -0.15) is 0 Å². The molecule has 0 fully saturated rings. The molecule has 6 nitrogen and oxygen atoms in total. The lowest BCUT2D eigenvalue weighted by Gasteiger charge is -1.77. The van der Waals surface area contributed by atoms with Crippen molar-refractivity contribution in [1.82, 2.24) is 0 Å². The van der Waals surface area contributed by atoms with Gasteiger partial charge < -0.3 is 15.6 Å². The molecule has 0 bridgehead atoms. The zero-order valence-corrected chi connectivity index (χ0v) is 4.92. The van der Waals surface area contributed by atoms with Crippen LogP contribution in [0.5, 0.6) is 0 Å². The van der Waals surface area contributed by atoms with Crippen LogP contribution in [0.1, 0.15) is 6.92 Å². The molecule has 0 aromatic heterocycles. The molecule has 0 aliphatic heterocycles. The van der Waals surface area contributed by atoms with E-state index < -0.39 is 5.97 Å². The average Bonchev–Trinajstić information content (AvgIpc) is 1.65. The maximum Gasteiger partial charge on any atom is 0.277 e. The van der Waals surface area contributed by atoms with E-state index in [4.69, 9.17) is 15.3 Å². The zero-order valence-electron chi connectivity index (χ0n) is 4.92. The molecule has 52 valence electrons. The molecule has 5 N–H and O–H groups in total. The standard InChI is InChI=1S/C2H4O2.CH4N4/c1-2(3)4;2-1(3)5-4/h1H3,(H,3,4);4H,(H3,2,3). The number of nitrogens with two attached hydrogens (primary N) is 2. The van der Waals surface area contributed by atoms with E-state index in [0.29, 0.717) is 0 Å². The first kappa shape index (κ1) is 10.5. The first-order chi connectivity index (χ1) is 4.00. The Hall–Kier alpha value is -1.46. The molecule has 0 aliphatic carbocycles. The normalized spacial score (nSPS) is 6.33. The van der Waals surface area contributed by atoms with Gasteiger partial charge in [0.2, 0.25) is 0 Å². The van der Waals surface area contributed by atoms with E-state index in [9.17, 15) is 0 Å². The summed E-state index contributed by atoms with van der Waals surface area (Å²) in [5.41, 5.74) is 9.03. The number of carbonyl (C=O) groups is 1. The van der Waals surface area contributed by atoms with Gasteiger partial charge in [0.1, 0.15) is 0 Å². The van der Waals surface area contributed by atoms with Crippen LogP contribution in [0.15, 0.2) is 5.11 Å². The lowest BCUT2D eigenvalue weighted by molar-refractivity contribution is -0.302. The first-order valence-electron chi connectivity index (χ1n) is 1.93. The fourth-order valence-corrected chi connectivity index (χ4v) is 0. The number of hydrogen-bond acceptors (Lipinski definition) is 3. The van der Waals surface area contributed by atoms with Crippen LogP contribution in [-0.2, 0) is 4.79 Å². The van der Waals surface area contributed by atoms with Gasteiger partial charge in [-0.3, -0.25) is 5.41 Å². The maximum absolute atomic E-state index is 8.89. The van der Waals surface area contributed by atoms with Crippen LogP contribution in [0.25, 0.3) is 0 Å². The molecule has 0 heterocycles. The third-order valence-corrected chi connectivity index (χ3v) is 0.139. The number of rotatable bonds is 0. The van der Waals surface area contributed by atoms with Gasteiger partial charge in [0.05, 0.1) is 0 Å². The SMILES string of the molecule is CC(=O)[O-].N=C(N)N=[NH2+]. The predicted octanol–water partition coefficient (Wildman–Crippen LogP) is -3.15. The van der Waals surface area contributed by atoms with Gasteiger partial charge in [-0.1, -0.05) is 0 Å². The summed E-state index contributed by atoms with van der Waals surface area (Å²) in [7, 11) is 0. The minimum Gasteiger partial charge on any atom is -0.550 e. The van der Waals surface area contributed by atoms with E-state index in [0.717, 1.165) is 6.92 Å². The lowest BCUT2D eigenvalue weighted by Crippen LogP contribution is -2.29. The topological polar surface area (TPSA) is 128 Å². The van der Waals surface area contributed by atoms with Gasteiger partial charge >= 0.3 is 0 Å². The second-order valence-electron chi connectivity index (χ2n) is 1.01. The molecule has 0 saturated heterocycles. The Labute approximate surface area is 51.7 Å². The van der Waals surface area contributed by atoms with Gasteiger partial charge in [0, 0.05) is 11.1 Å². The number of guanidine groups is 1. The van der Waals surface area contributed by atoms with E-state index in [1.54, 1.807) is 0 Å². The van der Waals surface area contributed by atoms with Crippen molar-refractivity contribution in [2.75, 3.05) is 0 Å². The molecular formula is C3H8N4O2. The smallest absolute Gasteiger partial charge is 0.277 e. The van der Waals surface area contributed by atoms with Crippen molar-refractivity contribution in [1.29, 1.82) is 5.41 Å². The summed E-state index contributed by atoms with van der Waals surface area (Å²) in [6, 6.07) is 0. The summed E-state index contributed by atoms with van der Waals surface area (Å²) >= 11 is 0. The zero-order chi connectivity index (χ0) is 7.86. The van der Waals surface area contributed by atoms with Crippen molar-refractivity contribution in [3.05, 3.63) is 0 Å². The number of hydrogen-bond donors (Lipinski definition) is 3. The van der Waals surface area contributed by atoms with Crippen molar-refractivity contribution in [3.8, 4) is 0 Å². The van der Waals surface area contributed by atoms with E-state index in [1.807, 2.05) is 0 Å². The Morgan fingerprint density at radius 1 is 1.89 bits per heavy atom. The number of carbonyl (C=O) groups excluding carboxylic acids is 1. The van der Waals surface area contributed by atoms with Crippen molar-refractivity contribution in [3.63, 3.8) is 0 Å². The molecule has 0 aromatic rings. The molecule has 6 heteroatoms. The lowest BCUT2D eigenvalue weighted by atomic mass is 10.9. The third kappa shape index (κ3) is 462. The number of carboxylic acids is 1. The van der Waals surface area contributed by atoms with Crippen LogP contribution in [-0.4, -0.2) is 11.9 Å². The predicted molar refractivity (Wildman–Crippen MR) is 26.9 cm³/mol. The molecule has 0 aliphatic rings. The molecule has 9 heavy (non-hydrogen) atoms. The molecule has 0 saturated carbocycles. The van der Waals surface area contributed by atoms with Crippen LogP contribution < -0.4 is 16.4 Å². The van der Waals surface area contributed by atoms with Crippen molar-refractivity contribution >= 4 is 11.9 Å². The summed E-state index contributed by atoms with van der Waals surface area (Å²) in [6.07, 6.45) is 0. The molecule has 0 amide bonds. The second kappa shape index (κ2) is 6.54. The summed E-state index contributed by atoms with van der Waals surface area (Å²) in [5, 5.41) is 17.9. The fourth-order valence-electron chi connectivity index (χ4n) is 0. The molecule has 0 spiro atoms. The van der Waals surface area contributed by atoms with Crippen LogP contribution >= 0.6 is 0 Å². The van der Waals surface area contributed by atoms with Gasteiger partial charge in [-0.05, 0) is 6.92 Å². The van der Waals surface area contributed by atoms with E-state index in [-0.39, 0.29) is 5.96 Å². The summed E-state index contributed by atoms with van der Waals surface area (Å²) in [4.78, 5) is 8.89. The summed E-state index contributed by atoms with van der Waals surface area (Å²) in [5.74, 6) is -1.43. The van der Waals surface area contributed by atoms with E-state index >= 15 is 0 Å². The van der Waals surface area contributed by atoms with Crippen LogP contribution in [0.3, 0.4) is 0 Å². The van der Waals surface area contributed by atoms with Crippen LogP contribution in [0.4, 0.5) is 0 Å². The van der Waals surface area contributed by atoms with E-state index in [2.05, 4.69) is 16.4 Å². The van der Waals surface area contributed by atoms with Gasteiger partial charge in [0.25, 0.3) is 5.96 Å².